The highest BCUT2D eigenvalue weighted by atomic mass is 79.9. The van der Waals surface area contributed by atoms with Crippen LogP contribution in [-0.2, 0) is 10.0 Å². The number of hydrogen-bond donors (Lipinski definition) is 2. The molecule has 1 aromatic carbocycles. The minimum Gasteiger partial charge on any atom is -0.399 e. The van der Waals surface area contributed by atoms with E-state index in [0.717, 1.165) is 31.7 Å². The Labute approximate surface area is 134 Å². The van der Waals surface area contributed by atoms with Gasteiger partial charge in [0.1, 0.15) is 4.90 Å². The Morgan fingerprint density at radius 1 is 1.38 bits per heavy atom. The van der Waals surface area contributed by atoms with Crippen LogP contribution in [0.25, 0.3) is 0 Å². The molecular weight excluding hydrogens is 359 g/mol. The van der Waals surface area contributed by atoms with Gasteiger partial charge < -0.3 is 5.73 Å². The molecule has 7 heteroatoms. The Bertz CT molecular complexity index is 579. The molecule has 1 aromatic rings. The molecule has 3 N–H and O–H groups in total. The molecule has 1 unspecified atom stereocenters. The number of halogens is 2. The number of nitrogens with one attached hydrogen (secondary N) is 1. The van der Waals surface area contributed by atoms with Gasteiger partial charge in [-0.25, -0.2) is 17.5 Å². The van der Waals surface area contributed by atoms with Crippen molar-refractivity contribution in [3.8, 4) is 0 Å². The van der Waals surface area contributed by atoms with Crippen molar-refractivity contribution >= 4 is 31.6 Å². The van der Waals surface area contributed by atoms with E-state index in [2.05, 4.69) is 27.6 Å². The second-order valence-electron chi connectivity index (χ2n) is 5.08. The highest BCUT2D eigenvalue weighted by molar-refractivity contribution is 9.10. The predicted molar refractivity (Wildman–Crippen MR) is 87.0 cm³/mol. The summed E-state index contributed by atoms with van der Waals surface area (Å²) in [6.45, 7) is 4.42. The first kappa shape index (κ1) is 18.4. The lowest BCUT2D eigenvalue weighted by molar-refractivity contribution is 0.443. The van der Waals surface area contributed by atoms with Gasteiger partial charge >= 0.3 is 0 Å². The van der Waals surface area contributed by atoms with Crippen LogP contribution in [0.2, 0.25) is 0 Å². The Hall–Kier alpha value is -0.660. The number of benzene rings is 1. The molecule has 0 aliphatic heterocycles. The predicted octanol–water partition coefficient (Wildman–Crippen LogP) is 3.67. The summed E-state index contributed by atoms with van der Waals surface area (Å²) in [5.74, 6) is -0.564. The van der Waals surface area contributed by atoms with Gasteiger partial charge in [0.25, 0.3) is 0 Å². The normalized spacial score (nSPS) is 13.3. The highest BCUT2D eigenvalue weighted by Gasteiger charge is 2.22. The van der Waals surface area contributed by atoms with Crippen LogP contribution in [0.15, 0.2) is 21.5 Å². The van der Waals surface area contributed by atoms with Crippen LogP contribution in [0.4, 0.5) is 10.1 Å². The highest BCUT2D eigenvalue weighted by Crippen LogP contribution is 2.26. The van der Waals surface area contributed by atoms with Gasteiger partial charge in [-0.2, -0.15) is 0 Å². The maximum absolute atomic E-state index is 14.0. The molecule has 4 nitrogen and oxygen atoms in total. The second kappa shape index (κ2) is 8.10. The minimum absolute atomic E-state index is 0.0425. The van der Waals surface area contributed by atoms with Crippen LogP contribution in [0, 0.1) is 11.7 Å². The maximum atomic E-state index is 14.0. The zero-order chi connectivity index (χ0) is 16.0. The molecule has 21 heavy (non-hydrogen) atoms. The van der Waals surface area contributed by atoms with E-state index in [4.69, 9.17) is 5.73 Å². The number of sulfonamides is 1. The quantitative estimate of drug-likeness (QED) is 0.675. The lowest BCUT2D eigenvalue weighted by atomic mass is 10.00. The third-order valence-electron chi connectivity index (χ3n) is 3.41. The second-order valence-corrected chi connectivity index (χ2v) is 7.67. The van der Waals surface area contributed by atoms with Crippen LogP contribution < -0.4 is 10.5 Å². The average molecular weight is 381 g/mol. The van der Waals surface area contributed by atoms with E-state index in [0.29, 0.717) is 6.54 Å². The van der Waals surface area contributed by atoms with Crippen LogP contribution in [-0.4, -0.2) is 15.0 Å². The van der Waals surface area contributed by atoms with Gasteiger partial charge in [-0.3, -0.25) is 0 Å². The smallest absolute Gasteiger partial charge is 0.243 e. The van der Waals surface area contributed by atoms with Crippen molar-refractivity contribution in [2.75, 3.05) is 12.3 Å². The van der Waals surface area contributed by atoms with Gasteiger partial charge in [-0.15, -0.1) is 0 Å². The lowest BCUT2D eigenvalue weighted by Crippen LogP contribution is -2.30. The Morgan fingerprint density at radius 3 is 2.62 bits per heavy atom. The summed E-state index contributed by atoms with van der Waals surface area (Å²) in [5, 5.41) is 0. The fourth-order valence-electron chi connectivity index (χ4n) is 2.03. The van der Waals surface area contributed by atoms with Crippen molar-refractivity contribution < 1.29 is 12.8 Å². The van der Waals surface area contributed by atoms with Crippen molar-refractivity contribution in [2.45, 2.75) is 44.4 Å². The first-order chi connectivity index (χ1) is 9.81. The Morgan fingerprint density at radius 2 is 2.05 bits per heavy atom. The summed E-state index contributed by atoms with van der Waals surface area (Å²) < 4.78 is 40.9. The van der Waals surface area contributed by atoms with Crippen molar-refractivity contribution in [3.05, 3.63) is 22.4 Å². The Balaban J connectivity index is 2.87. The molecule has 0 radical (unpaired) electrons. The number of anilines is 1. The van der Waals surface area contributed by atoms with E-state index in [-0.39, 0.29) is 16.1 Å². The van der Waals surface area contributed by atoms with Crippen molar-refractivity contribution in [1.29, 1.82) is 0 Å². The maximum Gasteiger partial charge on any atom is 0.243 e. The summed E-state index contributed by atoms with van der Waals surface area (Å²) in [4.78, 5) is -0.417. The van der Waals surface area contributed by atoms with Gasteiger partial charge in [0.2, 0.25) is 10.0 Å². The SMILES string of the molecule is CCCCC(CC)CNS(=O)(=O)c1cc(N)cc(Br)c1F. The number of rotatable bonds is 8. The van der Waals surface area contributed by atoms with E-state index >= 15 is 0 Å². The summed E-state index contributed by atoms with van der Waals surface area (Å²) in [6, 6.07) is 2.47. The van der Waals surface area contributed by atoms with Crippen LogP contribution >= 0.6 is 15.9 Å². The topological polar surface area (TPSA) is 72.2 Å². The molecule has 0 bridgehead atoms. The molecule has 0 saturated heterocycles. The zero-order valence-electron chi connectivity index (χ0n) is 12.3. The summed E-state index contributed by atoms with van der Waals surface area (Å²) in [7, 11) is -3.90. The number of nitrogen functional groups attached to an aromatic ring is 1. The van der Waals surface area contributed by atoms with E-state index in [9.17, 15) is 12.8 Å². The lowest BCUT2D eigenvalue weighted by Gasteiger charge is -2.16. The number of nitrogens with two attached hydrogens (primary N) is 1. The first-order valence-electron chi connectivity index (χ1n) is 7.06. The largest absolute Gasteiger partial charge is 0.399 e. The van der Waals surface area contributed by atoms with Gasteiger partial charge in [-0.1, -0.05) is 33.1 Å². The average Bonchev–Trinajstić information content (AvgIpc) is 2.43. The molecule has 0 spiro atoms. The molecule has 0 heterocycles. The third kappa shape index (κ3) is 5.23. The molecule has 0 amide bonds. The van der Waals surface area contributed by atoms with E-state index < -0.39 is 20.7 Å². The molecule has 0 aliphatic rings. The molecule has 0 saturated carbocycles. The summed E-state index contributed by atoms with van der Waals surface area (Å²) in [5.41, 5.74) is 5.78. The molecule has 0 aromatic heterocycles. The van der Waals surface area contributed by atoms with Gasteiger partial charge in [0, 0.05) is 12.2 Å². The molecule has 1 atom stereocenters. The fraction of sp³-hybridized carbons (Fsp3) is 0.571. The fourth-order valence-corrected chi connectivity index (χ4v) is 3.88. The van der Waals surface area contributed by atoms with Crippen molar-refractivity contribution in [3.63, 3.8) is 0 Å². The Kier molecular flexibility index (Phi) is 7.09. The molecule has 120 valence electrons. The number of hydrogen-bond acceptors (Lipinski definition) is 3. The molecule has 1 rings (SSSR count). The zero-order valence-corrected chi connectivity index (χ0v) is 14.7. The van der Waals surface area contributed by atoms with Crippen molar-refractivity contribution in [2.24, 2.45) is 5.92 Å². The van der Waals surface area contributed by atoms with Gasteiger partial charge in [-0.05, 0) is 40.4 Å². The minimum atomic E-state index is -3.90. The van der Waals surface area contributed by atoms with E-state index in [1.54, 1.807) is 0 Å². The van der Waals surface area contributed by atoms with Crippen LogP contribution in [0.5, 0.6) is 0 Å². The molecule has 0 fully saturated rings. The van der Waals surface area contributed by atoms with E-state index in [1.807, 2.05) is 6.92 Å². The molecule has 0 aliphatic carbocycles. The standard InChI is InChI=1S/C14H22BrFN2O2S/c1-3-5-6-10(4-2)9-18-21(19,20)13-8-11(17)7-12(15)14(13)16/h7-8,10,18H,3-6,9,17H2,1-2H3. The molecular formula is C14H22BrFN2O2S. The summed E-state index contributed by atoms with van der Waals surface area (Å²) >= 11 is 2.97. The number of unbranched alkanes of at least 4 members (excludes halogenated alkanes) is 1. The monoisotopic (exact) mass is 380 g/mol. The van der Waals surface area contributed by atoms with Gasteiger partial charge in [0.05, 0.1) is 4.47 Å². The first-order valence-corrected chi connectivity index (χ1v) is 9.33. The van der Waals surface area contributed by atoms with Gasteiger partial charge in [0.15, 0.2) is 5.82 Å². The van der Waals surface area contributed by atoms with Crippen LogP contribution in [0.1, 0.15) is 39.5 Å². The van der Waals surface area contributed by atoms with Crippen LogP contribution in [0.3, 0.4) is 0 Å². The third-order valence-corrected chi connectivity index (χ3v) is 5.41. The van der Waals surface area contributed by atoms with E-state index in [1.165, 1.54) is 6.07 Å². The summed E-state index contributed by atoms with van der Waals surface area (Å²) in [6.07, 6.45) is 3.96. The van der Waals surface area contributed by atoms with Crippen molar-refractivity contribution in [1.82, 2.24) is 4.72 Å².